The van der Waals surface area contributed by atoms with Crippen molar-refractivity contribution < 1.29 is 52.7 Å². The molecule has 15 heteroatoms. The molecule has 3 nitrogen and oxygen atoms in total. The van der Waals surface area contributed by atoms with Gasteiger partial charge in [-0.05, 0) is 0 Å². The molecule has 0 bridgehead atoms. The molecule has 0 aliphatic carbocycles. The Morgan fingerprint density at radius 2 is 0.357 bits per heavy atom. The van der Waals surface area contributed by atoms with Crippen molar-refractivity contribution in [2.45, 2.75) is 0 Å². The standard InChI is InChI=1S/C27F12O3/c28-13-4-1-7(25(40)10(4)16(31)22(37)19(13)34)3-6-12(18(33)24(39)21(36)15(6)30)27(42)9(3)2-5-11(26(41)8(1)2)17(32)23(38)20(35)14(5)29. The first-order valence-corrected chi connectivity index (χ1v) is 11.1. The van der Waals surface area contributed by atoms with E-state index in [9.17, 15) is 53.9 Å². The van der Waals surface area contributed by atoms with Gasteiger partial charge >= 0.3 is 0 Å². The van der Waals surface area contributed by atoms with Crippen LogP contribution in [0.25, 0.3) is 64.6 Å². The van der Waals surface area contributed by atoms with Crippen LogP contribution in [0.5, 0.6) is 0 Å². The average Bonchev–Trinajstić information content (AvgIpc) is 3.55. The van der Waals surface area contributed by atoms with Gasteiger partial charge in [-0.25, -0.2) is 52.7 Å². The van der Waals surface area contributed by atoms with Crippen LogP contribution >= 0.6 is 0 Å². The van der Waals surface area contributed by atoms with Gasteiger partial charge in [-0.3, -0.25) is 14.4 Å². The third-order valence-electron chi connectivity index (χ3n) is 7.41. The van der Waals surface area contributed by atoms with Crippen LogP contribution in [0.2, 0.25) is 0 Å². The van der Waals surface area contributed by atoms with Gasteiger partial charge in [0.15, 0.2) is 86.1 Å². The highest BCUT2D eigenvalue weighted by Crippen LogP contribution is 2.46. The number of halogens is 12. The topological polar surface area (TPSA) is 51.2 Å². The summed E-state index contributed by atoms with van der Waals surface area (Å²) in [6.07, 6.45) is 0. The molecule has 0 heterocycles. The van der Waals surface area contributed by atoms with Crippen LogP contribution in [0.4, 0.5) is 52.7 Å². The molecule has 0 aliphatic rings. The first-order chi connectivity index (χ1) is 19.7. The Balaban J connectivity index is 2.09. The van der Waals surface area contributed by atoms with Crippen LogP contribution in [0.15, 0.2) is 14.4 Å². The summed E-state index contributed by atoms with van der Waals surface area (Å²) in [6, 6.07) is 0. The van der Waals surface area contributed by atoms with Crippen molar-refractivity contribution in [3.8, 4) is 0 Å². The maximum absolute atomic E-state index is 15.2. The van der Waals surface area contributed by atoms with Crippen LogP contribution < -0.4 is 16.3 Å². The van der Waals surface area contributed by atoms with Crippen LogP contribution in [-0.4, -0.2) is 0 Å². The molecule has 42 heavy (non-hydrogen) atoms. The summed E-state index contributed by atoms with van der Waals surface area (Å²) in [5.41, 5.74) is -5.79. The van der Waals surface area contributed by atoms with E-state index in [0.717, 1.165) is 0 Å². The average molecular weight is 600 g/mol. The Morgan fingerprint density at radius 3 is 0.548 bits per heavy atom. The first-order valence-electron chi connectivity index (χ1n) is 11.1. The molecule has 0 aromatic heterocycles. The molecule has 7 aromatic carbocycles. The monoisotopic (exact) mass is 600 g/mol. The lowest BCUT2D eigenvalue weighted by Crippen LogP contribution is -2.03. The van der Waals surface area contributed by atoms with Gasteiger partial charge in [0, 0.05) is 48.5 Å². The van der Waals surface area contributed by atoms with Crippen molar-refractivity contribution in [3.05, 3.63) is 100 Å². The lowest BCUT2D eigenvalue weighted by Gasteiger charge is -2.04. The second-order valence-electron chi connectivity index (χ2n) is 9.26. The van der Waals surface area contributed by atoms with E-state index in [1.807, 2.05) is 0 Å². The Hall–Kier alpha value is -4.95. The van der Waals surface area contributed by atoms with Crippen molar-refractivity contribution in [1.29, 1.82) is 0 Å². The molecule has 0 radical (unpaired) electrons. The minimum Gasteiger partial charge on any atom is -0.288 e. The number of hydrogen-bond acceptors (Lipinski definition) is 3. The predicted octanol–water partition coefficient (Wildman–Crippen LogP) is 6.67. The summed E-state index contributed by atoms with van der Waals surface area (Å²) in [5.74, 6) is -29.8. The molecule has 0 unspecified atom stereocenters. The van der Waals surface area contributed by atoms with Crippen LogP contribution in [0, 0.1) is 69.8 Å². The number of fused-ring (bicyclic) bond motifs is 12. The molecular weight excluding hydrogens is 600 g/mol. The molecule has 0 amide bonds. The first kappa shape index (κ1) is 26.0. The fraction of sp³-hybridized carbons (Fsp3) is 0. The van der Waals surface area contributed by atoms with Crippen molar-refractivity contribution >= 4 is 64.6 Å². The summed E-state index contributed by atoms with van der Waals surface area (Å²) >= 11 is 0. The zero-order chi connectivity index (χ0) is 30.6. The van der Waals surface area contributed by atoms with E-state index in [1.165, 1.54) is 0 Å². The molecule has 210 valence electrons. The van der Waals surface area contributed by atoms with E-state index in [-0.39, 0.29) is 0 Å². The van der Waals surface area contributed by atoms with Crippen LogP contribution in [0.3, 0.4) is 0 Å². The minimum atomic E-state index is -2.58. The molecule has 0 spiro atoms. The molecule has 0 N–H and O–H groups in total. The Morgan fingerprint density at radius 1 is 0.190 bits per heavy atom. The molecule has 0 atom stereocenters. The fourth-order valence-electron chi connectivity index (χ4n) is 5.80. The van der Waals surface area contributed by atoms with Crippen LogP contribution in [0.1, 0.15) is 0 Å². The highest BCUT2D eigenvalue weighted by molar-refractivity contribution is 6.43. The highest BCUT2D eigenvalue weighted by atomic mass is 19.2. The number of hydrogen-bond donors (Lipinski definition) is 0. The summed E-state index contributed by atoms with van der Waals surface area (Å²) in [7, 11) is 0. The highest BCUT2D eigenvalue weighted by Gasteiger charge is 2.37. The molecule has 0 saturated heterocycles. The maximum Gasteiger partial charge on any atom is 0.198 e. The second-order valence-corrected chi connectivity index (χ2v) is 9.26. The zero-order valence-electron chi connectivity index (χ0n) is 19.3. The van der Waals surface area contributed by atoms with Gasteiger partial charge in [0.1, 0.15) is 0 Å². The van der Waals surface area contributed by atoms with Gasteiger partial charge in [0.2, 0.25) is 0 Å². The predicted molar refractivity (Wildman–Crippen MR) is 123 cm³/mol. The maximum atomic E-state index is 15.2. The largest absolute Gasteiger partial charge is 0.288 e. The lowest BCUT2D eigenvalue weighted by atomic mass is 9.98. The Labute approximate surface area is 218 Å². The Kier molecular flexibility index (Phi) is 4.74. The van der Waals surface area contributed by atoms with E-state index < -0.39 is 151 Å². The Bertz CT molecular complexity index is 2330. The number of benzene rings is 4. The summed E-state index contributed by atoms with van der Waals surface area (Å²) in [6.45, 7) is 0. The molecule has 7 aromatic rings. The van der Waals surface area contributed by atoms with Gasteiger partial charge in [-0.15, -0.1) is 0 Å². The minimum absolute atomic E-state index is 1.37. The normalized spacial score (nSPS) is 12.6. The summed E-state index contributed by atoms with van der Waals surface area (Å²) < 4.78 is 176. The third-order valence-corrected chi connectivity index (χ3v) is 7.41. The number of rotatable bonds is 0. The third kappa shape index (κ3) is 2.52. The van der Waals surface area contributed by atoms with E-state index in [4.69, 9.17) is 0 Å². The quantitative estimate of drug-likeness (QED) is 0.111. The van der Waals surface area contributed by atoms with Crippen LogP contribution in [-0.2, 0) is 0 Å². The van der Waals surface area contributed by atoms with Gasteiger partial charge in [0.05, 0.1) is 16.2 Å². The summed E-state index contributed by atoms with van der Waals surface area (Å²) in [4.78, 5) is 40.2. The van der Waals surface area contributed by atoms with Crippen molar-refractivity contribution in [1.82, 2.24) is 0 Å². The molecule has 0 aliphatic heterocycles. The van der Waals surface area contributed by atoms with Gasteiger partial charge < -0.3 is 0 Å². The van der Waals surface area contributed by atoms with E-state index in [1.54, 1.807) is 0 Å². The molecule has 0 saturated carbocycles. The van der Waals surface area contributed by atoms with E-state index in [2.05, 4.69) is 0 Å². The van der Waals surface area contributed by atoms with Gasteiger partial charge in [-0.1, -0.05) is 0 Å². The van der Waals surface area contributed by atoms with Gasteiger partial charge in [-0.2, -0.15) is 0 Å². The van der Waals surface area contributed by atoms with Crippen molar-refractivity contribution in [2.24, 2.45) is 0 Å². The van der Waals surface area contributed by atoms with E-state index >= 15 is 13.2 Å². The van der Waals surface area contributed by atoms with E-state index in [0.29, 0.717) is 0 Å². The second kappa shape index (κ2) is 7.66. The molecular formula is C27F12O3. The lowest BCUT2D eigenvalue weighted by molar-refractivity contribution is 0.418. The smallest absolute Gasteiger partial charge is 0.198 e. The molecule has 0 fully saturated rings. The van der Waals surface area contributed by atoms with Gasteiger partial charge in [0.25, 0.3) is 0 Å². The summed E-state index contributed by atoms with van der Waals surface area (Å²) in [5, 5.41) is -18.2. The fourth-order valence-corrected chi connectivity index (χ4v) is 5.80. The van der Waals surface area contributed by atoms with Crippen molar-refractivity contribution in [3.63, 3.8) is 0 Å². The SMILES string of the molecule is O=c1c2c(F)c(F)c(F)c(F)c2c2c1c1c3c(F)c(F)c(F)c(F)c3c(=O)c1c1c3c(F)c(F)c(F)c(F)c3c(=O)c21. The molecule has 7 rings (SSSR count). The van der Waals surface area contributed by atoms with Crippen molar-refractivity contribution in [2.75, 3.05) is 0 Å². The zero-order valence-corrected chi connectivity index (χ0v) is 19.3.